The third kappa shape index (κ3) is 4.84. The van der Waals surface area contributed by atoms with E-state index in [0.29, 0.717) is 38.1 Å². The Labute approximate surface area is 192 Å². The molecule has 1 aromatic carbocycles. The first-order chi connectivity index (χ1) is 15.9. The van der Waals surface area contributed by atoms with Crippen LogP contribution in [0.3, 0.4) is 0 Å². The maximum atomic E-state index is 13.8. The van der Waals surface area contributed by atoms with Crippen LogP contribution in [0.1, 0.15) is 84.8 Å². The van der Waals surface area contributed by atoms with Crippen LogP contribution >= 0.6 is 0 Å². The van der Waals surface area contributed by atoms with Crippen molar-refractivity contribution in [3.05, 3.63) is 57.0 Å². The Balaban J connectivity index is 1.77. The summed E-state index contributed by atoms with van der Waals surface area (Å²) < 4.78 is 15.2. The number of benzene rings is 1. The highest BCUT2D eigenvalue weighted by Crippen LogP contribution is 2.30. The van der Waals surface area contributed by atoms with Gasteiger partial charge in [0.25, 0.3) is 5.56 Å². The number of fused-ring (bicyclic) bond motifs is 2. The third-order valence-electron chi connectivity index (χ3n) is 6.83. The van der Waals surface area contributed by atoms with Gasteiger partial charge in [-0.3, -0.25) is 19.0 Å². The Morgan fingerprint density at radius 3 is 2.58 bits per heavy atom. The number of nitrogens with zero attached hydrogens (tertiary/aromatic N) is 3. The van der Waals surface area contributed by atoms with Gasteiger partial charge in [0, 0.05) is 26.4 Å². The lowest BCUT2D eigenvalue weighted by Gasteiger charge is -2.28. The lowest BCUT2D eigenvalue weighted by molar-refractivity contribution is -0.132. The molecule has 7 nitrogen and oxygen atoms in total. The van der Waals surface area contributed by atoms with Gasteiger partial charge in [-0.2, -0.15) is 0 Å². The summed E-state index contributed by atoms with van der Waals surface area (Å²) in [7, 11) is 1.71. The second kappa shape index (κ2) is 9.85. The van der Waals surface area contributed by atoms with E-state index in [1.54, 1.807) is 18.0 Å². The van der Waals surface area contributed by atoms with Crippen LogP contribution in [-0.2, 0) is 24.2 Å². The fourth-order valence-corrected chi connectivity index (χ4v) is 4.89. The molecule has 2 aromatic rings. The van der Waals surface area contributed by atoms with Crippen LogP contribution in [0.5, 0.6) is 5.75 Å². The van der Waals surface area contributed by atoms with E-state index >= 15 is 0 Å². The van der Waals surface area contributed by atoms with Crippen molar-refractivity contribution in [1.82, 2.24) is 14.5 Å². The van der Waals surface area contributed by atoms with Crippen LogP contribution < -0.4 is 5.56 Å². The minimum atomic E-state index is -0.640. The van der Waals surface area contributed by atoms with Crippen molar-refractivity contribution in [3.8, 4) is 5.75 Å². The molecule has 1 unspecified atom stereocenters. The predicted molar refractivity (Wildman–Crippen MR) is 121 cm³/mol. The SMILES string of the molecule is CN1C(=O)CCCCCc2cc(F)ccc2CCC(=O)c2nc3n(c(=O)c2O)CCCCC31. The number of halogens is 1. The second-order valence-corrected chi connectivity index (χ2v) is 9.04. The van der Waals surface area contributed by atoms with Crippen molar-refractivity contribution in [3.63, 3.8) is 0 Å². The van der Waals surface area contributed by atoms with Crippen LogP contribution in [0.2, 0.25) is 0 Å². The fourth-order valence-electron chi connectivity index (χ4n) is 4.89. The normalized spacial score (nSPS) is 20.3. The van der Waals surface area contributed by atoms with Gasteiger partial charge in [-0.1, -0.05) is 12.5 Å². The number of carbonyl (C=O) groups excluding carboxylic acids is 2. The van der Waals surface area contributed by atoms with Gasteiger partial charge in [-0.25, -0.2) is 9.37 Å². The lowest BCUT2D eigenvalue weighted by atomic mass is 9.96. The number of Topliss-reactive ketones (excluding diaryl/α,β-unsaturated/α-hetero) is 1. The summed E-state index contributed by atoms with van der Waals surface area (Å²) in [6.07, 6.45) is 6.02. The molecule has 0 radical (unpaired) electrons. The highest BCUT2D eigenvalue weighted by atomic mass is 19.1. The Bertz CT molecular complexity index is 1130. The average Bonchev–Trinajstić information content (AvgIpc) is 3.01. The Kier molecular flexibility index (Phi) is 6.91. The van der Waals surface area contributed by atoms with Crippen molar-refractivity contribution < 1.29 is 19.1 Å². The highest BCUT2D eigenvalue weighted by molar-refractivity contribution is 5.96. The van der Waals surface area contributed by atoms with Crippen LogP contribution in [-0.4, -0.2) is 38.3 Å². The van der Waals surface area contributed by atoms with Gasteiger partial charge in [-0.05, 0) is 68.2 Å². The van der Waals surface area contributed by atoms with Gasteiger partial charge in [0.2, 0.25) is 11.7 Å². The van der Waals surface area contributed by atoms with E-state index in [4.69, 9.17) is 0 Å². The molecule has 3 heterocycles. The van der Waals surface area contributed by atoms with Crippen molar-refractivity contribution in [1.29, 1.82) is 0 Å². The largest absolute Gasteiger partial charge is 0.501 e. The standard InChI is InChI=1S/C25H30FN3O4/c1-28-19-8-5-6-14-29-24(19)27-22(23(32)25(29)33)20(30)13-11-16-10-12-18(26)15-17(16)7-3-2-4-9-21(28)31/h10,12,15,19,32H,2-9,11,13-14H2,1H3. The van der Waals surface area contributed by atoms with E-state index in [9.17, 15) is 23.9 Å². The van der Waals surface area contributed by atoms with E-state index in [-0.39, 0.29) is 23.8 Å². The van der Waals surface area contributed by atoms with Gasteiger partial charge in [0.15, 0.2) is 11.5 Å². The number of carbonyl (C=O) groups is 2. The van der Waals surface area contributed by atoms with E-state index in [0.717, 1.165) is 43.2 Å². The molecule has 176 valence electrons. The van der Waals surface area contributed by atoms with E-state index in [1.807, 2.05) is 0 Å². The Morgan fingerprint density at radius 2 is 1.76 bits per heavy atom. The van der Waals surface area contributed by atoms with Gasteiger partial charge in [0.1, 0.15) is 11.6 Å². The van der Waals surface area contributed by atoms with Gasteiger partial charge in [0.05, 0.1) is 6.04 Å². The van der Waals surface area contributed by atoms with Gasteiger partial charge >= 0.3 is 0 Å². The Morgan fingerprint density at radius 1 is 0.970 bits per heavy atom. The molecule has 0 aliphatic carbocycles. The molecule has 1 aromatic heterocycles. The number of hydrogen-bond donors (Lipinski definition) is 1. The summed E-state index contributed by atoms with van der Waals surface area (Å²) in [4.78, 5) is 45.0. The zero-order chi connectivity index (χ0) is 23.5. The second-order valence-electron chi connectivity index (χ2n) is 9.04. The molecule has 2 bridgehead atoms. The number of aryl methyl sites for hydroxylation is 2. The molecular weight excluding hydrogens is 425 g/mol. The third-order valence-corrected chi connectivity index (χ3v) is 6.83. The molecule has 1 N–H and O–H groups in total. The summed E-state index contributed by atoms with van der Waals surface area (Å²) in [5.41, 5.74) is 0.837. The van der Waals surface area contributed by atoms with Crippen molar-refractivity contribution >= 4 is 11.7 Å². The summed E-state index contributed by atoms with van der Waals surface area (Å²) in [6, 6.07) is 4.15. The molecule has 33 heavy (non-hydrogen) atoms. The summed E-state index contributed by atoms with van der Waals surface area (Å²) in [6.45, 7) is 0.390. The van der Waals surface area contributed by atoms with Crippen LogP contribution in [0.4, 0.5) is 4.39 Å². The van der Waals surface area contributed by atoms with E-state index < -0.39 is 23.1 Å². The fraction of sp³-hybridized carbons (Fsp3) is 0.520. The first kappa shape index (κ1) is 23.1. The molecule has 8 heteroatoms. The van der Waals surface area contributed by atoms with Crippen molar-refractivity contribution in [2.24, 2.45) is 0 Å². The predicted octanol–water partition coefficient (Wildman–Crippen LogP) is 3.70. The molecule has 4 rings (SSSR count). The molecule has 0 fully saturated rings. The molecule has 2 aliphatic rings. The van der Waals surface area contributed by atoms with E-state index in [1.165, 1.54) is 16.7 Å². The summed E-state index contributed by atoms with van der Waals surface area (Å²) >= 11 is 0. The maximum absolute atomic E-state index is 13.8. The first-order valence-electron chi connectivity index (χ1n) is 11.8. The average molecular weight is 456 g/mol. The molecular formula is C25H30FN3O4. The minimum Gasteiger partial charge on any atom is -0.501 e. The smallest absolute Gasteiger partial charge is 0.296 e. The number of rotatable bonds is 0. The molecule has 0 saturated carbocycles. The van der Waals surface area contributed by atoms with Crippen molar-refractivity contribution in [2.45, 2.75) is 76.8 Å². The molecule has 0 spiro atoms. The van der Waals surface area contributed by atoms with Crippen LogP contribution in [0.15, 0.2) is 23.0 Å². The van der Waals surface area contributed by atoms with Gasteiger partial charge in [-0.15, -0.1) is 0 Å². The molecule has 0 saturated heterocycles. The number of amides is 1. The van der Waals surface area contributed by atoms with Gasteiger partial charge < -0.3 is 10.0 Å². The molecule has 2 aliphatic heterocycles. The number of aromatic nitrogens is 2. The quantitative estimate of drug-likeness (QED) is 0.654. The molecule has 1 atom stereocenters. The van der Waals surface area contributed by atoms with E-state index in [2.05, 4.69) is 4.98 Å². The topological polar surface area (TPSA) is 92.5 Å². The maximum Gasteiger partial charge on any atom is 0.296 e. The number of ketones is 1. The number of aromatic hydroxyl groups is 1. The zero-order valence-corrected chi connectivity index (χ0v) is 19.0. The monoisotopic (exact) mass is 455 g/mol. The van der Waals surface area contributed by atoms with Crippen LogP contribution in [0, 0.1) is 5.82 Å². The molecule has 1 amide bonds. The minimum absolute atomic E-state index is 0.0396. The van der Waals surface area contributed by atoms with Crippen LogP contribution in [0.25, 0.3) is 0 Å². The van der Waals surface area contributed by atoms with Crippen molar-refractivity contribution in [2.75, 3.05) is 7.05 Å². The summed E-state index contributed by atoms with van der Waals surface area (Å²) in [5, 5.41) is 10.5. The summed E-state index contributed by atoms with van der Waals surface area (Å²) in [5.74, 6) is -1.08. The zero-order valence-electron chi connectivity index (χ0n) is 19.0. The number of hydrogen-bond acceptors (Lipinski definition) is 5. The first-order valence-corrected chi connectivity index (χ1v) is 11.8. The Hall–Kier alpha value is -3.03. The lowest BCUT2D eigenvalue weighted by Crippen LogP contribution is -2.36. The highest BCUT2D eigenvalue weighted by Gasteiger charge is 2.31.